The first kappa shape index (κ1) is 15.4. The van der Waals surface area contributed by atoms with Gasteiger partial charge < -0.3 is 9.15 Å². The van der Waals surface area contributed by atoms with Gasteiger partial charge in [0.2, 0.25) is 11.8 Å². The van der Waals surface area contributed by atoms with E-state index in [-0.39, 0.29) is 11.9 Å². The number of aryl methyl sites for hydroxylation is 1. The molecular formula is C15H20FN3O2. The highest BCUT2D eigenvalue weighted by atomic mass is 19.1. The van der Waals surface area contributed by atoms with E-state index in [2.05, 4.69) is 15.1 Å². The smallest absolute Gasteiger partial charge is 0.233 e. The fourth-order valence-electron chi connectivity index (χ4n) is 1.80. The molecule has 2 aromatic rings. The van der Waals surface area contributed by atoms with Crippen LogP contribution < -0.4 is 4.74 Å². The van der Waals surface area contributed by atoms with Crippen molar-refractivity contribution in [3.8, 4) is 5.75 Å². The van der Waals surface area contributed by atoms with E-state index in [4.69, 9.17) is 9.15 Å². The maximum absolute atomic E-state index is 12.8. The van der Waals surface area contributed by atoms with E-state index in [1.54, 1.807) is 12.1 Å². The number of likely N-dealkylation sites (N-methyl/N-ethyl adjacent to an activating group) is 1. The minimum atomic E-state index is -0.267. The number of nitrogens with zero attached hydrogens (tertiary/aromatic N) is 3. The van der Waals surface area contributed by atoms with E-state index in [0.717, 1.165) is 6.42 Å². The minimum Gasteiger partial charge on any atom is -0.492 e. The number of halogens is 1. The number of ether oxygens (including phenoxy) is 1. The van der Waals surface area contributed by atoms with Gasteiger partial charge in [-0.2, -0.15) is 0 Å². The molecule has 0 saturated carbocycles. The van der Waals surface area contributed by atoms with Gasteiger partial charge in [-0.25, -0.2) is 4.39 Å². The highest BCUT2D eigenvalue weighted by Gasteiger charge is 2.17. The molecule has 1 heterocycles. The van der Waals surface area contributed by atoms with Gasteiger partial charge in [-0.3, -0.25) is 4.90 Å². The lowest BCUT2D eigenvalue weighted by Gasteiger charge is -2.21. The molecule has 1 atom stereocenters. The molecule has 1 aromatic heterocycles. The summed E-state index contributed by atoms with van der Waals surface area (Å²) in [4.78, 5) is 2.07. The van der Waals surface area contributed by atoms with Gasteiger partial charge >= 0.3 is 0 Å². The minimum absolute atomic E-state index is 0.0228. The fourth-order valence-corrected chi connectivity index (χ4v) is 1.80. The van der Waals surface area contributed by atoms with E-state index in [0.29, 0.717) is 30.7 Å². The summed E-state index contributed by atoms with van der Waals surface area (Å²) >= 11 is 0. The zero-order chi connectivity index (χ0) is 15.2. The van der Waals surface area contributed by atoms with Crippen molar-refractivity contribution >= 4 is 0 Å². The molecule has 2 rings (SSSR count). The second kappa shape index (κ2) is 7.17. The summed E-state index contributed by atoms with van der Waals surface area (Å²) < 4.78 is 23.9. The first-order chi connectivity index (χ1) is 10.1. The Hall–Kier alpha value is -1.95. The highest BCUT2D eigenvalue weighted by molar-refractivity contribution is 5.21. The predicted molar refractivity (Wildman–Crippen MR) is 76.6 cm³/mol. The predicted octanol–water partition coefficient (Wildman–Crippen LogP) is 2.84. The van der Waals surface area contributed by atoms with Crippen LogP contribution in [-0.2, 0) is 6.42 Å². The van der Waals surface area contributed by atoms with Crippen LogP contribution in [0.4, 0.5) is 4.39 Å². The van der Waals surface area contributed by atoms with E-state index in [9.17, 15) is 4.39 Å². The molecule has 0 aliphatic rings. The number of rotatable bonds is 7. The zero-order valence-electron chi connectivity index (χ0n) is 12.5. The first-order valence-corrected chi connectivity index (χ1v) is 7.01. The van der Waals surface area contributed by atoms with Crippen LogP contribution in [0, 0.1) is 5.82 Å². The molecule has 0 saturated heterocycles. The summed E-state index contributed by atoms with van der Waals surface area (Å²) in [5.41, 5.74) is 0. The Morgan fingerprint density at radius 3 is 2.62 bits per heavy atom. The average molecular weight is 293 g/mol. The summed E-state index contributed by atoms with van der Waals surface area (Å²) in [5, 5.41) is 8.01. The lowest BCUT2D eigenvalue weighted by Crippen LogP contribution is -2.27. The van der Waals surface area contributed by atoms with Crippen molar-refractivity contribution in [1.82, 2.24) is 15.1 Å². The van der Waals surface area contributed by atoms with Crippen LogP contribution in [0.15, 0.2) is 28.7 Å². The van der Waals surface area contributed by atoms with Crippen molar-refractivity contribution in [2.24, 2.45) is 0 Å². The number of aromatic nitrogens is 2. The molecule has 0 aliphatic carbocycles. The molecule has 0 fully saturated rings. The monoisotopic (exact) mass is 293 g/mol. The third kappa shape index (κ3) is 4.26. The van der Waals surface area contributed by atoms with Crippen molar-refractivity contribution in [2.75, 3.05) is 20.2 Å². The molecule has 0 spiro atoms. The molecule has 114 valence electrons. The molecule has 0 aliphatic heterocycles. The van der Waals surface area contributed by atoms with E-state index in [1.807, 2.05) is 20.9 Å². The number of hydrogen-bond donors (Lipinski definition) is 0. The molecule has 1 aromatic carbocycles. The summed E-state index contributed by atoms with van der Waals surface area (Å²) in [6, 6.07) is 6.02. The molecule has 0 bridgehead atoms. The standard InChI is InChI=1S/C15H20FN3O2/c1-4-14-17-18-15(21-14)11(2)19(3)9-10-20-13-7-5-12(16)6-8-13/h5-8,11H,4,9-10H2,1-3H3/t11-/m0/s1. The lowest BCUT2D eigenvalue weighted by molar-refractivity contribution is 0.180. The Kier molecular flexibility index (Phi) is 5.27. The lowest BCUT2D eigenvalue weighted by atomic mass is 10.3. The van der Waals surface area contributed by atoms with Crippen molar-refractivity contribution in [1.29, 1.82) is 0 Å². The normalized spacial score (nSPS) is 12.6. The maximum atomic E-state index is 12.8. The topological polar surface area (TPSA) is 51.4 Å². The van der Waals surface area contributed by atoms with Crippen molar-refractivity contribution in [3.05, 3.63) is 41.9 Å². The van der Waals surface area contributed by atoms with Gasteiger partial charge in [-0.1, -0.05) is 6.92 Å². The Morgan fingerprint density at radius 1 is 1.29 bits per heavy atom. The molecule has 0 N–H and O–H groups in total. The van der Waals surface area contributed by atoms with Gasteiger partial charge in [0.15, 0.2) is 0 Å². The van der Waals surface area contributed by atoms with Crippen LogP contribution in [-0.4, -0.2) is 35.3 Å². The SMILES string of the molecule is CCc1nnc([C@H](C)N(C)CCOc2ccc(F)cc2)o1. The number of hydrogen-bond acceptors (Lipinski definition) is 5. The molecule has 0 unspecified atom stereocenters. The largest absolute Gasteiger partial charge is 0.492 e. The van der Waals surface area contributed by atoms with Crippen LogP contribution in [0.25, 0.3) is 0 Å². The maximum Gasteiger partial charge on any atom is 0.233 e. The van der Waals surface area contributed by atoms with Gasteiger partial charge in [0, 0.05) is 13.0 Å². The van der Waals surface area contributed by atoms with E-state index < -0.39 is 0 Å². The van der Waals surface area contributed by atoms with Crippen molar-refractivity contribution < 1.29 is 13.5 Å². The van der Waals surface area contributed by atoms with Gasteiger partial charge in [-0.15, -0.1) is 10.2 Å². The third-order valence-electron chi connectivity index (χ3n) is 3.33. The van der Waals surface area contributed by atoms with Gasteiger partial charge in [0.05, 0.1) is 6.04 Å². The molecule has 5 nitrogen and oxygen atoms in total. The van der Waals surface area contributed by atoms with Gasteiger partial charge in [0.1, 0.15) is 18.2 Å². The Labute approximate surface area is 123 Å². The molecule has 21 heavy (non-hydrogen) atoms. The van der Waals surface area contributed by atoms with Crippen molar-refractivity contribution in [2.45, 2.75) is 26.3 Å². The third-order valence-corrected chi connectivity index (χ3v) is 3.33. The quantitative estimate of drug-likeness (QED) is 0.785. The summed E-state index contributed by atoms with van der Waals surface area (Å²) in [5.74, 6) is 1.64. The second-order valence-corrected chi connectivity index (χ2v) is 4.85. The molecular weight excluding hydrogens is 273 g/mol. The highest BCUT2D eigenvalue weighted by Crippen LogP contribution is 2.17. The van der Waals surface area contributed by atoms with Gasteiger partial charge in [-0.05, 0) is 38.2 Å². The average Bonchev–Trinajstić information content (AvgIpc) is 2.97. The summed E-state index contributed by atoms with van der Waals surface area (Å²) in [7, 11) is 1.97. The summed E-state index contributed by atoms with van der Waals surface area (Å²) in [6.45, 7) is 5.18. The Bertz CT molecular complexity index is 556. The molecule has 0 radical (unpaired) electrons. The van der Waals surface area contributed by atoms with E-state index >= 15 is 0 Å². The van der Waals surface area contributed by atoms with Crippen LogP contribution >= 0.6 is 0 Å². The van der Waals surface area contributed by atoms with Crippen LogP contribution in [0.3, 0.4) is 0 Å². The van der Waals surface area contributed by atoms with E-state index in [1.165, 1.54) is 12.1 Å². The van der Waals surface area contributed by atoms with Crippen molar-refractivity contribution in [3.63, 3.8) is 0 Å². The van der Waals surface area contributed by atoms with Crippen LogP contribution in [0.2, 0.25) is 0 Å². The van der Waals surface area contributed by atoms with Gasteiger partial charge in [0.25, 0.3) is 0 Å². The summed E-state index contributed by atoms with van der Waals surface area (Å²) in [6.07, 6.45) is 0.733. The first-order valence-electron chi connectivity index (χ1n) is 7.01. The molecule has 0 amide bonds. The van der Waals surface area contributed by atoms with Crippen LogP contribution in [0.1, 0.15) is 31.7 Å². The Morgan fingerprint density at radius 2 is 2.00 bits per heavy atom. The fraction of sp³-hybridized carbons (Fsp3) is 0.467. The zero-order valence-corrected chi connectivity index (χ0v) is 12.5. The number of benzene rings is 1. The van der Waals surface area contributed by atoms with Crippen LogP contribution in [0.5, 0.6) is 5.75 Å². The second-order valence-electron chi connectivity index (χ2n) is 4.85. The Balaban J connectivity index is 1.80. The molecule has 6 heteroatoms.